The maximum atomic E-state index is 6.24. The molecule has 2 fully saturated rings. The summed E-state index contributed by atoms with van der Waals surface area (Å²) in [5.74, 6) is 0.890. The Morgan fingerprint density at radius 3 is 3.05 bits per heavy atom. The predicted molar refractivity (Wildman–Crippen MR) is 87.7 cm³/mol. The monoisotopic (exact) mass is 325 g/mol. The summed E-state index contributed by atoms with van der Waals surface area (Å²) >= 11 is 6.24. The van der Waals surface area contributed by atoms with Crippen molar-refractivity contribution >= 4 is 17.4 Å². The fourth-order valence-electron chi connectivity index (χ4n) is 3.26. The van der Waals surface area contributed by atoms with Crippen molar-refractivity contribution in [2.24, 2.45) is 0 Å². The second-order valence-corrected chi connectivity index (χ2v) is 6.53. The first-order valence-corrected chi connectivity index (χ1v) is 8.32. The summed E-state index contributed by atoms with van der Waals surface area (Å²) in [5, 5.41) is 4.39. The number of nitrogens with zero attached hydrogens (tertiary/aromatic N) is 2. The average molecular weight is 326 g/mol. The Labute approximate surface area is 136 Å². The molecular weight excluding hydrogens is 302 g/mol. The molecule has 0 bridgehead atoms. The van der Waals surface area contributed by atoms with Crippen LogP contribution in [0.3, 0.4) is 0 Å². The van der Waals surface area contributed by atoms with Crippen LogP contribution in [0.5, 0.6) is 0 Å². The lowest BCUT2D eigenvalue weighted by atomic mass is 9.93. The van der Waals surface area contributed by atoms with Crippen molar-refractivity contribution in [3.05, 3.63) is 23.4 Å². The van der Waals surface area contributed by atoms with Crippen LogP contribution in [0, 0.1) is 0 Å². The van der Waals surface area contributed by atoms with Crippen LogP contribution in [0.2, 0.25) is 5.02 Å². The third-order valence-corrected chi connectivity index (χ3v) is 5.07. The van der Waals surface area contributed by atoms with Crippen LogP contribution >= 0.6 is 11.6 Å². The molecule has 122 valence electrons. The molecule has 22 heavy (non-hydrogen) atoms. The van der Waals surface area contributed by atoms with Gasteiger partial charge in [0.1, 0.15) is 5.82 Å². The van der Waals surface area contributed by atoms with Crippen LogP contribution in [-0.4, -0.2) is 56.6 Å². The fourth-order valence-corrected chi connectivity index (χ4v) is 3.50. The Morgan fingerprint density at radius 2 is 2.32 bits per heavy atom. The number of aromatic nitrogens is 1. The van der Waals surface area contributed by atoms with Crippen molar-refractivity contribution in [2.45, 2.75) is 30.9 Å². The van der Waals surface area contributed by atoms with Crippen molar-refractivity contribution in [3.8, 4) is 0 Å². The highest BCUT2D eigenvalue weighted by molar-refractivity contribution is 6.32. The Kier molecular flexibility index (Phi) is 5.18. The third kappa shape index (κ3) is 3.54. The average Bonchev–Trinajstić information content (AvgIpc) is 3.03. The van der Waals surface area contributed by atoms with E-state index in [1.807, 2.05) is 19.2 Å². The van der Waals surface area contributed by atoms with Crippen molar-refractivity contribution in [1.82, 2.24) is 10.3 Å². The highest BCUT2D eigenvalue weighted by Crippen LogP contribution is 2.27. The summed E-state index contributed by atoms with van der Waals surface area (Å²) in [6, 6.07) is 4.21. The van der Waals surface area contributed by atoms with Crippen LogP contribution < -0.4 is 10.2 Å². The summed E-state index contributed by atoms with van der Waals surface area (Å²) in [5.41, 5.74) is -0.0751. The number of nitrogens with one attached hydrogen (secondary N) is 1. The van der Waals surface area contributed by atoms with E-state index >= 15 is 0 Å². The summed E-state index contributed by atoms with van der Waals surface area (Å²) in [7, 11) is 1.81. The molecule has 3 rings (SSSR count). The van der Waals surface area contributed by atoms with E-state index in [1.165, 1.54) is 0 Å². The van der Waals surface area contributed by atoms with Crippen molar-refractivity contribution in [3.63, 3.8) is 0 Å². The molecule has 6 heteroatoms. The van der Waals surface area contributed by atoms with E-state index in [9.17, 15) is 0 Å². The summed E-state index contributed by atoms with van der Waals surface area (Å²) in [4.78, 5) is 6.65. The highest BCUT2D eigenvalue weighted by atomic mass is 35.5. The van der Waals surface area contributed by atoms with E-state index in [1.54, 1.807) is 6.20 Å². The second kappa shape index (κ2) is 7.13. The molecule has 1 N–H and O–H groups in total. The molecule has 2 saturated heterocycles. The lowest BCUT2D eigenvalue weighted by molar-refractivity contribution is -0.0884. The van der Waals surface area contributed by atoms with Gasteiger partial charge in [-0.25, -0.2) is 4.98 Å². The number of methoxy groups -OCH3 is 1. The number of anilines is 1. The molecule has 0 aliphatic carbocycles. The maximum Gasteiger partial charge on any atom is 0.147 e. The lowest BCUT2D eigenvalue weighted by Crippen LogP contribution is -2.49. The molecule has 1 aromatic heterocycles. The van der Waals surface area contributed by atoms with E-state index in [2.05, 4.69) is 15.2 Å². The molecule has 1 unspecified atom stereocenters. The van der Waals surface area contributed by atoms with Gasteiger partial charge in [-0.15, -0.1) is 0 Å². The first kappa shape index (κ1) is 16.0. The van der Waals surface area contributed by atoms with Gasteiger partial charge in [0.05, 0.1) is 10.6 Å². The Bertz CT molecular complexity index is 494. The van der Waals surface area contributed by atoms with Gasteiger partial charge in [0.15, 0.2) is 0 Å². The van der Waals surface area contributed by atoms with Crippen molar-refractivity contribution in [1.29, 1.82) is 0 Å². The molecule has 0 saturated carbocycles. The minimum Gasteiger partial charge on any atom is -0.381 e. The van der Waals surface area contributed by atoms with Gasteiger partial charge in [0, 0.05) is 65.0 Å². The Balaban J connectivity index is 1.54. The molecule has 0 radical (unpaired) electrons. The number of halogens is 1. The van der Waals surface area contributed by atoms with Crippen LogP contribution in [-0.2, 0) is 9.47 Å². The van der Waals surface area contributed by atoms with Gasteiger partial charge in [-0.3, -0.25) is 0 Å². The van der Waals surface area contributed by atoms with Crippen molar-refractivity contribution in [2.75, 3.05) is 44.9 Å². The number of rotatable bonds is 5. The van der Waals surface area contributed by atoms with Gasteiger partial charge in [0.2, 0.25) is 0 Å². The lowest BCUT2D eigenvalue weighted by Gasteiger charge is -2.37. The topological polar surface area (TPSA) is 46.6 Å². The maximum absolute atomic E-state index is 6.24. The summed E-state index contributed by atoms with van der Waals surface area (Å²) in [6.45, 7) is 4.37. The SMILES string of the molecule is COC1(CNC2CCN(c3ncccc3Cl)C2)CCOCC1. The molecule has 2 aliphatic rings. The van der Waals surface area contributed by atoms with E-state index in [0.717, 1.165) is 63.0 Å². The largest absolute Gasteiger partial charge is 0.381 e. The second-order valence-electron chi connectivity index (χ2n) is 6.12. The van der Waals surface area contributed by atoms with Crippen LogP contribution in [0.1, 0.15) is 19.3 Å². The van der Waals surface area contributed by atoms with E-state index < -0.39 is 0 Å². The minimum atomic E-state index is -0.0751. The van der Waals surface area contributed by atoms with Gasteiger partial charge in [0.25, 0.3) is 0 Å². The molecule has 2 aliphatic heterocycles. The molecular formula is C16H24ClN3O2. The van der Waals surface area contributed by atoms with E-state index in [-0.39, 0.29) is 5.60 Å². The molecule has 0 aromatic carbocycles. The number of pyridine rings is 1. The predicted octanol–water partition coefficient (Wildman–Crippen LogP) is 2.10. The highest BCUT2D eigenvalue weighted by Gasteiger charge is 2.34. The third-order valence-electron chi connectivity index (χ3n) is 4.78. The van der Waals surface area contributed by atoms with Crippen LogP contribution in [0.4, 0.5) is 5.82 Å². The van der Waals surface area contributed by atoms with Gasteiger partial charge in [-0.1, -0.05) is 11.6 Å². The zero-order valence-electron chi connectivity index (χ0n) is 13.1. The number of hydrogen-bond acceptors (Lipinski definition) is 5. The van der Waals surface area contributed by atoms with Gasteiger partial charge < -0.3 is 19.7 Å². The Hall–Kier alpha value is -0.880. The molecule has 1 aromatic rings. The zero-order valence-corrected chi connectivity index (χ0v) is 13.8. The van der Waals surface area contributed by atoms with Crippen LogP contribution in [0.15, 0.2) is 18.3 Å². The minimum absolute atomic E-state index is 0.0751. The van der Waals surface area contributed by atoms with Crippen molar-refractivity contribution < 1.29 is 9.47 Å². The first-order valence-electron chi connectivity index (χ1n) is 7.94. The molecule has 3 heterocycles. The fraction of sp³-hybridized carbons (Fsp3) is 0.688. The number of ether oxygens (including phenoxy) is 2. The van der Waals surface area contributed by atoms with E-state index in [0.29, 0.717) is 6.04 Å². The van der Waals surface area contributed by atoms with E-state index in [4.69, 9.17) is 21.1 Å². The molecule has 0 spiro atoms. The standard InChI is InChI=1S/C16H24ClN3O2/c1-21-16(5-9-22-10-6-16)12-19-13-4-8-20(11-13)15-14(17)3-2-7-18-15/h2-3,7,13,19H,4-6,8-12H2,1H3. The quantitative estimate of drug-likeness (QED) is 0.898. The zero-order chi connectivity index (χ0) is 15.4. The number of hydrogen-bond donors (Lipinski definition) is 1. The molecule has 1 atom stereocenters. The smallest absolute Gasteiger partial charge is 0.147 e. The molecule has 0 amide bonds. The first-order chi connectivity index (χ1) is 10.7. The summed E-state index contributed by atoms with van der Waals surface area (Å²) < 4.78 is 11.2. The normalized spacial score (nSPS) is 24.6. The van der Waals surface area contributed by atoms with Gasteiger partial charge >= 0.3 is 0 Å². The Morgan fingerprint density at radius 1 is 1.50 bits per heavy atom. The van der Waals surface area contributed by atoms with Gasteiger partial charge in [-0.2, -0.15) is 0 Å². The van der Waals surface area contributed by atoms with Crippen LogP contribution in [0.25, 0.3) is 0 Å². The summed E-state index contributed by atoms with van der Waals surface area (Å²) in [6.07, 6.45) is 4.81. The van der Waals surface area contributed by atoms with Gasteiger partial charge in [-0.05, 0) is 18.6 Å². The molecule has 5 nitrogen and oxygen atoms in total.